The minimum atomic E-state index is -0.545. The van der Waals surface area contributed by atoms with E-state index >= 15 is 0 Å². The van der Waals surface area contributed by atoms with E-state index in [-0.39, 0.29) is 5.83 Å². The molecule has 2 aromatic carbocycles. The first-order valence-corrected chi connectivity index (χ1v) is 8.02. The Bertz CT molecular complexity index is 700. The van der Waals surface area contributed by atoms with Gasteiger partial charge in [0.15, 0.2) is 0 Å². The molecule has 0 aromatic heterocycles. The molecule has 0 aliphatic heterocycles. The standard InChI is InChI=1S/C21H23FO2/c1-21(2,14-13-16-7-5-4-6-8-16)19(22)15-17-9-11-18(12-10-17)20(23)24-3/h4-12,15H,13-14H2,1-3H3/b19-15+. The number of halogens is 1. The van der Waals surface area contributed by atoms with Crippen LogP contribution in [-0.2, 0) is 11.2 Å². The Morgan fingerprint density at radius 3 is 2.29 bits per heavy atom. The Labute approximate surface area is 143 Å². The van der Waals surface area contributed by atoms with Crippen molar-refractivity contribution in [3.63, 3.8) is 0 Å². The molecule has 0 saturated carbocycles. The van der Waals surface area contributed by atoms with Gasteiger partial charge in [0.25, 0.3) is 0 Å². The van der Waals surface area contributed by atoms with Crippen LogP contribution in [0.1, 0.15) is 41.8 Å². The SMILES string of the molecule is COC(=O)c1ccc(/C=C(/F)C(C)(C)CCc2ccccc2)cc1. The summed E-state index contributed by atoms with van der Waals surface area (Å²) >= 11 is 0. The van der Waals surface area contributed by atoms with Crippen LogP contribution in [0.15, 0.2) is 60.4 Å². The molecular weight excluding hydrogens is 303 g/mol. The quantitative estimate of drug-likeness (QED) is 0.660. The summed E-state index contributed by atoms with van der Waals surface area (Å²) in [6.45, 7) is 3.81. The topological polar surface area (TPSA) is 26.3 Å². The van der Waals surface area contributed by atoms with Crippen LogP contribution >= 0.6 is 0 Å². The van der Waals surface area contributed by atoms with E-state index in [1.165, 1.54) is 18.7 Å². The fraction of sp³-hybridized carbons (Fsp3) is 0.286. The molecule has 0 N–H and O–H groups in total. The fourth-order valence-corrected chi connectivity index (χ4v) is 2.40. The monoisotopic (exact) mass is 326 g/mol. The first-order valence-electron chi connectivity index (χ1n) is 8.02. The third kappa shape index (κ3) is 4.79. The summed E-state index contributed by atoms with van der Waals surface area (Å²) in [6.07, 6.45) is 3.09. The second-order valence-electron chi connectivity index (χ2n) is 6.48. The molecule has 0 heterocycles. The van der Waals surface area contributed by atoms with Crippen molar-refractivity contribution in [2.45, 2.75) is 26.7 Å². The van der Waals surface area contributed by atoms with Crippen molar-refractivity contribution in [3.8, 4) is 0 Å². The van der Waals surface area contributed by atoms with E-state index in [1.807, 2.05) is 32.0 Å². The maximum absolute atomic E-state index is 14.7. The summed E-state index contributed by atoms with van der Waals surface area (Å²) in [5.74, 6) is -0.557. The van der Waals surface area contributed by atoms with Crippen LogP contribution in [0, 0.1) is 5.41 Å². The lowest BCUT2D eigenvalue weighted by molar-refractivity contribution is 0.0600. The Kier molecular flexibility index (Phi) is 5.91. The summed E-state index contributed by atoms with van der Waals surface area (Å²) in [7, 11) is 1.34. The molecule has 2 aromatic rings. The Morgan fingerprint density at radius 2 is 1.71 bits per heavy atom. The number of methoxy groups -OCH3 is 1. The average molecular weight is 326 g/mol. The molecule has 24 heavy (non-hydrogen) atoms. The largest absolute Gasteiger partial charge is 0.465 e. The van der Waals surface area contributed by atoms with E-state index in [1.54, 1.807) is 24.3 Å². The van der Waals surface area contributed by atoms with Gasteiger partial charge in [-0.1, -0.05) is 56.3 Å². The molecular formula is C21H23FO2. The highest BCUT2D eigenvalue weighted by atomic mass is 19.1. The lowest BCUT2D eigenvalue weighted by Crippen LogP contribution is -2.13. The number of benzene rings is 2. The van der Waals surface area contributed by atoms with Crippen molar-refractivity contribution in [1.82, 2.24) is 0 Å². The number of esters is 1. The maximum Gasteiger partial charge on any atom is 0.337 e. The predicted molar refractivity (Wildman–Crippen MR) is 95.4 cm³/mol. The molecule has 0 atom stereocenters. The number of carbonyl (C=O) groups is 1. The van der Waals surface area contributed by atoms with Crippen molar-refractivity contribution >= 4 is 12.0 Å². The molecule has 3 heteroatoms. The van der Waals surface area contributed by atoms with E-state index < -0.39 is 11.4 Å². The lowest BCUT2D eigenvalue weighted by Gasteiger charge is -2.23. The van der Waals surface area contributed by atoms with Gasteiger partial charge < -0.3 is 4.74 Å². The van der Waals surface area contributed by atoms with E-state index in [4.69, 9.17) is 0 Å². The molecule has 0 saturated heterocycles. The molecule has 0 fully saturated rings. The van der Waals surface area contributed by atoms with Gasteiger partial charge in [0.1, 0.15) is 5.83 Å². The summed E-state index contributed by atoms with van der Waals surface area (Å²) in [4.78, 5) is 11.4. The number of carbonyl (C=O) groups excluding carboxylic acids is 1. The molecule has 126 valence electrons. The van der Waals surface area contributed by atoms with E-state index in [2.05, 4.69) is 16.9 Å². The molecule has 0 radical (unpaired) electrons. The molecule has 0 bridgehead atoms. The smallest absolute Gasteiger partial charge is 0.337 e. The molecule has 2 rings (SSSR count). The van der Waals surface area contributed by atoms with Crippen LogP contribution in [0.4, 0.5) is 4.39 Å². The van der Waals surface area contributed by atoms with Crippen LogP contribution in [0.2, 0.25) is 0 Å². The Hall–Kier alpha value is -2.42. The van der Waals surface area contributed by atoms with Crippen LogP contribution < -0.4 is 0 Å². The van der Waals surface area contributed by atoms with Gasteiger partial charge in [-0.15, -0.1) is 0 Å². The van der Waals surface area contributed by atoms with Gasteiger partial charge in [-0.25, -0.2) is 9.18 Å². The van der Waals surface area contributed by atoms with Gasteiger partial charge in [0.05, 0.1) is 12.7 Å². The summed E-state index contributed by atoms with van der Waals surface area (Å²) < 4.78 is 19.3. The van der Waals surface area contributed by atoms with E-state index in [0.717, 1.165) is 18.4 Å². The van der Waals surface area contributed by atoms with Crippen LogP contribution in [0.5, 0.6) is 0 Å². The van der Waals surface area contributed by atoms with Gasteiger partial charge >= 0.3 is 5.97 Å². The van der Waals surface area contributed by atoms with Gasteiger partial charge in [0.2, 0.25) is 0 Å². The molecule has 2 nitrogen and oxygen atoms in total. The lowest BCUT2D eigenvalue weighted by atomic mass is 9.84. The first-order chi connectivity index (χ1) is 11.4. The third-order valence-electron chi connectivity index (χ3n) is 4.15. The zero-order chi connectivity index (χ0) is 17.6. The van der Waals surface area contributed by atoms with Gasteiger partial charge in [-0.2, -0.15) is 0 Å². The fourth-order valence-electron chi connectivity index (χ4n) is 2.40. The maximum atomic E-state index is 14.7. The minimum absolute atomic E-state index is 0.163. The molecule has 0 unspecified atom stereocenters. The van der Waals surface area contributed by atoms with Crippen LogP contribution in [0.3, 0.4) is 0 Å². The predicted octanol–water partition coefficient (Wildman–Crippen LogP) is 5.44. The van der Waals surface area contributed by atoms with Gasteiger partial charge in [-0.3, -0.25) is 0 Å². The highest BCUT2D eigenvalue weighted by Gasteiger charge is 2.23. The van der Waals surface area contributed by atoms with Crippen LogP contribution in [-0.4, -0.2) is 13.1 Å². The number of aryl methyl sites for hydroxylation is 1. The Morgan fingerprint density at radius 1 is 1.08 bits per heavy atom. The summed E-state index contributed by atoms with van der Waals surface area (Å²) in [5.41, 5.74) is 1.85. The van der Waals surface area contributed by atoms with Crippen molar-refractivity contribution < 1.29 is 13.9 Å². The highest BCUT2D eigenvalue weighted by Crippen LogP contribution is 2.34. The van der Waals surface area contributed by atoms with E-state index in [0.29, 0.717) is 5.56 Å². The van der Waals surface area contributed by atoms with Crippen molar-refractivity contribution in [2.75, 3.05) is 7.11 Å². The number of ether oxygens (including phenoxy) is 1. The minimum Gasteiger partial charge on any atom is -0.465 e. The zero-order valence-corrected chi connectivity index (χ0v) is 14.4. The Balaban J connectivity index is 2.06. The van der Waals surface area contributed by atoms with Crippen LogP contribution in [0.25, 0.3) is 6.08 Å². The second kappa shape index (κ2) is 7.91. The van der Waals surface area contributed by atoms with Crippen molar-refractivity contribution in [2.24, 2.45) is 5.41 Å². The number of hydrogen-bond donors (Lipinski definition) is 0. The van der Waals surface area contributed by atoms with Gasteiger partial charge in [-0.05, 0) is 42.2 Å². The normalized spacial score (nSPS) is 12.1. The third-order valence-corrected chi connectivity index (χ3v) is 4.15. The summed E-state index contributed by atoms with van der Waals surface area (Å²) in [5, 5.41) is 0. The number of allylic oxidation sites excluding steroid dienone is 1. The molecule has 0 aliphatic carbocycles. The van der Waals surface area contributed by atoms with Crippen molar-refractivity contribution in [3.05, 3.63) is 77.1 Å². The second-order valence-corrected chi connectivity index (χ2v) is 6.48. The number of hydrogen-bond acceptors (Lipinski definition) is 2. The number of rotatable bonds is 6. The zero-order valence-electron chi connectivity index (χ0n) is 14.4. The summed E-state index contributed by atoms with van der Waals surface area (Å²) in [6, 6.07) is 16.8. The van der Waals surface area contributed by atoms with E-state index in [9.17, 15) is 9.18 Å². The first kappa shape index (κ1) is 17.9. The van der Waals surface area contributed by atoms with Crippen molar-refractivity contribution in [1.29, 1.82) is 0 Å². The molecule has 0 spiro atoms. The average Bonchev–Trinajstić information content (AvgIpc) is 2.61. The van der Waals surface area contributed by atoms with Gasteiger partial charge in [0, 0.05) is 5.41 Å². The molecule has 0 aliphatic rings. The molecule has 0 amide bonds. The highest BCUT2D eigenvalue weighted by molar-refractivity contribution is 5.89.